The fraction of sp³-hybridized carbons (Fsp3) is 1.00. The fourth-order valence-electron chi connectivity index (χ4n) is 2.83. The molecule has 1 aliphatic carbocycles. The standard InChI is InChI=1S/C13H26N2/c1-2-6-13(7-8-13)11-14-10-12-5-3-4-9-15-12/h12,14-15H,2-11H2,1H3. The van der Waals surface area contributed by atoms with Crippen molar-refractivity contribution in [2.45, 2.75) is 57.9 Å². The van der Waals surface area contributed by atoms with Crippen molar-refractivity contribution in [2.75, 3.05) is 19.6 Å². The zero-order valence-electron chi connectivity index (χ0n) is 10.1. The van der Waals surface area contributed by atoms with Gasteiger partial charge in [0.15, 0.2) is 0 Å². The van der Waals surface area contributed by atoms with Crippen molar-refractivity contribution in [2.24, 2.45) is 5.41 Å². The first kappa shape index (κ1) is 11.4. The third kappa shape index (κ3) is 3.46. The molecule has 1 aliphatic heterocycles. The molecule has 88 valence electrons. The smallest absolute Gasteiger partial charge is 0.0192 e. The van der Waals surface area contributed by atoms with Crippen LogP contribution >= 0.6 is 0 Å². The van der Waals surface area contributed by atoms with Gasteiger partial charge in [-0.05, 0) is 44.1 Å². The van der Waals surface area contributed by atoms with E-state index in [-0.39, 0.29) is 0 Å². The Labute approximate surface area is 94.2 Å². The van der Waals surface area contributed by atoms with E-state index < -0.39 is 0 Å². The minimum absolute atomic E-state index is 0.712. The van der Waals surface area contributed by atoms with Crippen molar-refractivity contribution >= 4 is 0 Å². The summed E-state index contributed by atoms with van der Waals surface area (Å²) >= 11 is 0. The van der Waals surface area contributed by atoms with E-state index in [2.05, 4.69) is 17.6 Å². The summed E-state index contributed by atoms with van der Waals surface area (Å²) < 4.78 is 0. The van der Waals surface area contributed by atoms with E-state index in [9.17, 15) is 0 Å². The van der Waals surface area contributed by atoms with Gasteiger partial charge in [0.1, 0.15) is 0 Å². The van der Waals surface area contributed by atoms with E-state index in [1.165, 1.54) is 64.6 Å². The number of piperidine rings is 1. The second kappa shape index (κ2) is 5.31. The van der Waals surface area contributed by atoms with Crippen LogP contribution in [0.4, 0.5) is 0 Å². The van der Waals surface area contributed by atoms with Gasteiger partial charge in [-0.1, -0.05) is 19.8 Å². The molecular weight excluding hydrogens is 184 g/mol. The molecule has 0 radical (unpaired) electrons. The highest BCUT2D eigenvalue weighted by Crippen LogP contribution is 2.48. The molecule has 1 atom stereocenters. The zero-order chi connectivity index (χ0) is 10.6. The Kier molecular flexibility index (Phi) is 4.04. The Hall–Kier alpha value is -0.0800. The van der Waals surface area contributed by atoms with Crippen LogP contribution in [-0.4, -0.2) is 25.7 Å². The third-order valence-electron chi connectivity index (χ3n) is 4.04. The molecule has 2 heteroatoms. The van der Waals surface area contributed by atoms with Crippen molar-refractivity contribution in [1.29, 1.82) is 0 Å². The monoisotopic (exact) mass is 210 g/mol. The van der Waals surface area contributed by atoms with Gasteiger partial charge in [-0.25, -0.2) is 0 Å². The van der Waals surface area contributed by atoms with Crippen molar-refractivity contribution < 1.29 is 0 Å². The Morgan fingerprint density at radius 1 is 1.33 bits per heavy atom. The summed E-state index contributed by atoms with van der Waals surface area (Å²) in [5.41, 5.74) is 0.712. The maximum Gasteiger partial charge on any atom is 0.0192 e. The van der Waals surface area contributed by atoms with E-state index in [0.29, 0.717) is 5.41 Å². The van der Waals surface area contributed by atoms with Gasteiger partial charge in [0.05, 0.1) is 0 Å². The molecule has 0 bridgehead atoms. The molecule has 1 saturated heterocycles. The van der Waals surface area contributed by atoms with Crippen LogP contribution in [0.5, 0.6) is 0 Å². The highest BCUT2D eigenvalue weighted by atomic mass is 15.0. The summed E-state index contributed by atoms with van der Waals surface area (Å²) in [6.07, 6.45) is 9.86. The van der Waals surface area contributed by atoms with Crippen LogP contribution in [0.1, 0.15) is 51.9 Å². The average molecular weight is 210 g/mol. The second-order valence-corrected chi connectivity index (χ2v) is 5.53. The summed E-state index contributed by atoms with van der Waals surface area (Å²) in [5, 5.41) is 7.28. The Balaban J connectivity index is 1.58. The molecular formula is C13H26N2. The molecule has 2 N–H and O–H groups in total. The Morgan fingerprint density at radius 2 is 2.20 bits per heavy atom. The predicted octanol–water partition coefficient (Wildman–Crippen LogP) is 2.30. The topological polar surface area (TPSA) is 24.1 Å². The Morgan fingerprint density at radius 3 is 2.80 bits per heavy atom. The molecule has 2 nitrogen and oxygen atoms in total. The van der Waals surface area contributed by atoms with Crippen molar-refractivity contribution in [3.63, 3.8) is 0 Å². The molecule has 15 heavy (non-hydrogen) atoms. The SMILES string of the molecule is CCCC1(CNCC2CCCCN2)CC1. The molecule has 2 rings (SSSR count). The van der Waals surface area contributed by atoms with Crippen LogP contribution in [-0.2, 0) is 0 Å². The van der Waals surface area contributed by atoms with Crippen LogP contribution < -0.4 is 10.6 Å². The first-order valence-electron chi connectivity index (χ1n) is 6.79. The van der Waals surface area contributed by atoms with Crippen LogP contribution in [0.3, 0.4) is 0 Å². The molecule has 0 aromatic rings. The van der Waals surface area contributed by atoms with Gasteiger partial charge in [0, 0.05) is 19.1 Å². The first-order valence-corrected chi connectivity index (χ1v) is 6.79. The van der Waals surface area contributed by atoms with Crippen molar-refractivity contribution in [3.8, 4) is 0 Å². The van der Waals surface area contributed by atoms with Crippen LogP contribution in [0.2, 0.25) is 0 Å². The van der Waals surface area contributed by atoms with Crippen LogP contribution in [0, 0.1) is 5.41 Å². The largest absolute Gasteiger partial charge is 0.315 e. The van der Waals surface area contributed by atoms with Gasteiger partial charge in [-0.15, -0.1) is 0 Å². The predicted molar refractivity (Wildman–Crippen MR) is 65.1 cm³/mol. The van der Waals surface area contributed by atoms with Crippen molar-refractivity contribution in [1.82, 2.24) is 10.6 Å². The summed E-state index contributed by atoms with van der Waals surface area (Å²) in [6, 6.07) is 0.746. The average Bonchev–Trinajstić information content (AvgIpc) is 3.00. The van der Waals surface area contributed by atoms with Crippen LogP contribution in [0.25, 0.3) is 0 Å². The normalized spacial score (nSPS) is 29.0. The van der Waals surface area contributed by atoms with Gasteiger partial charge >= 0.3 is 0 Å². The number of rotatable bonds is 6. The molecule has 1 saturated carbocycles. The lowest BCUT2D eigenvalue weighted by Gasteiger charge is -2.25. The minimum Gasteiger partial charge on any atom is -0.315 e. The second-order valence-electron chi connectivity index (χ2n) is 5.53. The van der Waals surface area contributed by atoms with E-state index in [4.69, 9.17) is 0 Å². The molecule has 0 spiro atoms. The lowest BCUT2D eigenvalue weighted by molar-refractivity contribution is 0.356. The third-order valence-corrected chi connectivity index (χ3v) is 4.04. The summed E-state index contributed by atoms with van der Waals surface area (Å²) in [6.45, 7) is 5.99. The molecule has 0 amide bonds. The van der Waals surface area contributed by atoms with E-state index in [1.807, 2.05) is 0 Å². The summed E-state index contributed by atoms with van der Waals surface area (Å²) in [4.78, 5) is 0. The van der Waals surface area contributed by atoms with Crippen LogP contribution in [0.15, 0.2) is 0 Å². The molecule has 1 heterocycles. The maximum absolute atomic E-state index is 3.68. The lowest BCUT2D eigenvalue weighted by Crippen LogP contribution is -2.43. The lowest BCUT2D eigenvalue weighted by atomic mass is 10.00. The quantitative estimate of drug-likeness (QED) is 0.703. The molecule has 0 aromatic heterocycles. The first-order chi connectivity index (χ1) is 7.35. The molecule has 1 unspecified atom stereocenters. The van der Waals surface area contributed by atoms with Gasteiger partial charge < -0.3 is 10.6 Å². The summed E-state index contributed by atoms with van der Waals surface area (Å²) in [5.74, 6) is 0. The highest BCUT2D eigenvalue weighted by Gasteiger charge is 2.40. The summed E-state index contributed by atoms with van der Waals surface area (Å²) in [7, 11) is 0. The van der Waals surface area contributed by atoms with Gasteiger partial charge in [0.2, 0.25) is 0 Å². The van der Waals surface area contributed by atoms with Gasteiger partial charge in [-0.3, -0.25) is 0 Å². The number of hydrogen-bond donors (Lipinski definition) is 2. The molecule has 0 aromatic carbocycles. The minimum atomic E-state index is 0.712. The van der Waals surface area contributed by atoms with Crippen molar-refractivity contribution in [3.05, 3.63) is 0 Å². The molecule has 2 aliphatic rings. The van der Waals surface area contributed by atoms with E-state index >= 15 is 0 Å². The van der Waals surface area contributed by atoms with E-state index in [0.717, 1.165) is 6.04 Å². The highest BCUT2D eigenvalue weighted by molar-refractivity contribution is 4.94. The number of nitrogens with one attached hydrogen (secondary N) is 2. The van der Waals surface area contributed by atoms with Gasteiger partial charge in [0.25, 0.3) is 0 Å². The molecule has 2 fully saturated rings. The Bertz CT molecular complexity index is 181. The maximum atomic E-state index is 3.68. The van der Waals surface area contributed by atoms with Gasteiger partial charge in [-0.2, -0.15) is 0 Å². The number of hydrogen-bond acceptors (Lipinski definition) is 2. The van der Waals surface area contributed by atoms with E-state index in [1.54, 1.807) is 0 Å². The zero-order valence-corrected chi connectivity index (χ0v) is 10.1. The fourth-order valence-corrected chi connectivity index (χ4v) is 2.83.